The third-order valence-corrected chi connectivity index (χ3v) is 4.39. The molecule has 0 fully saturated rings. The van der Waals surface area contributed by atoms with Gasteiger partial charge in [-0.1, -0.05) is 12.1 Å². The molecule has 0 spiro atoms. The molecule has 32 heavy (non-hydrogen) atoms. The fraction of sp³-hybridized carbons (Fsp3) is 0.348. The van der Waals surface area contributed by atoms with Crippen molar-refractivity contribution in [2.45, 2.75) is 39.5 Å². The standard InChI is InChI=1S/C23H30N6O2.HI/c1-4-24-23(26-15-18-9-11-25-22(13-18)29-12-6-10-28-29)27-16-21(30)19-7-5-8-20(14-19)31-17(2)3;/h5-14,17,21,30H,4,15-16H2,1-3H3,(H2,24,26,27);1H. The first-order valence-corrected chi connectivity index (χ1v) is 10.5. The molecule has 8 nitrogen and oxygen atoms in total. The minimum atomic E-state index is -0.688. The van der Waals surface area contributed by atoms with Gasteiger partial charge in [0.25, 0.3) is 0 Å². The van der Waals surface area contributed by atoms with Crippen molar-refractivity contribution in [1.29, 1.82) is 0 Å². The number of hydrogen-bond donors (Lipinski definition) is 3. The number of pyridine rings is 1. The molecule has 1 unspecified atom stereocenters. The lowest BCUT2D eigenvalue weighted by Gasteiger charge is -2.17. The van der Waals surface area contributed by atoms with Gasteiger partial charge < -0.3 is 20.5 Å². The van der Waals surface area contributed by atoms with Crippen LogP contribution >= 0.6 is 24.0 Å². The first-order chi connectivity index (χ1) is 15.0. The van der Waals surface area contributed by atoms with Gasteiger partial charge in [-0.15, -0.1) is 24.0 Å². The van der Waals surface area contributed by atoms with Gasteiger partial charge >= 0.3 is 0 Å². The maximum atomic E-state index is 10.6. The number of nitrogens with zero attached hydrogens (tertiary/aromatic N) is 4. The van der Waals surface area contributed by atoms with Crippen molar-refractivity contribution in [2.75, 3.05) is 13.1 Å². The number of aliphatic imine (C=N–C) groups is 1. The third kappa shape index (κ3) is 7.79. The fourth-order valence-corrected chi connectivity index (χ4v) is 2.98. The predicted octanol–water partition coefficient (Wildman–Crippen LogP) is 3.46. The van der Waals surface area contributed by atoms with Crippen molar-refractivity contribution in [3.63, 3.8) is 0 Å². The van der Waals surface area contributed by atoms with E-state index in [4.69, 9.17) is 4.74 Å². The summed E-state index contributed by atoms with van der Waals surface area (Å²) in [5.74, 6) is 2.13. The predicted molar refractivity (Wildman–Crippen MR) is 137 cm³/mol. The Morgan fingerprint density at radius 1 is 1.16 bits per heavy atom. The quantitative estimate of drug-likeness (QED) is 0.215. The lowest BCUT2D eigenvalue weighted by molar-refractivity contribution is 0.179. The average molecular weight is 550 g/mol. The molecule has 0 aliphatic heterocycles. The molecule has 1 atom stereocenters. The molecule has 9 heteroatoms. The lowest BCUT2D eigenvalue weighted by Crippen LogP contribution is -2.39. The number of benzene rings is 1. The van der Waals surface area contributed by atoms with Crippen LogP contribution in [0.3, 0.4) is 0 Å². The Bertz CT molecular complexity index is 978. The molecule has 0 bridgehead atoms. The first kappa shape index (κ1) is 25.6. The summed E-state index contributed by atoms with van der Waals surface area (Å²) < 4.78 is 7.43. The van der Waals surface area contributed by atoms with E-state index in [1.54, 1.807) is 17.1 Å². The molecule has 2 heterocycles. The zero-order valence-corrected chi connectivity index (χ0v) is 20.9. The van der Waals surface area contributed by atoms with Gasteiger partial charge in [-0.25, -0.2) is 14.7 Å². The first-order valence-electron chi connectivity index (χ1n) is 10.5. The second kappa shape index (κ2) is 13.0. The highest BCUT2D eigenvalue weighted by Crippen LogP contribution is 2.20. The van der Waals surface area contributed by atoms with Gasteiger partial charge in [0.2, 0.25) is 0 Å². The fourth-order valence-electron chi connectivity index (χ4n) is 2.98. The van der Waals surface area contributed by atoms with Gasteiger partial charge in [0.05, 0.1) is 18.8 Å². The summed E-state index contributed by atoms with van der Waals surface area (Å²) >= 11 is 0. The molecule has 0 aliphatic carbocycles. The minimum absolute atomic E-state index is 0. The Morgan fingerprint density at radius 3 is 2.72 bits per heavy atom. The van der Waals surface area contributed by atoms with Crippen LogP contribution in [0, 0.1) is 0 Å². The van der Waals surface area contributed by atoms with Crippen LogP contribution in [-0.4, -0.2) is 45.0 Å². The maximum Gasteiger partial charge on any atom is 0.191 e. The van der Waals surface area contributed by atoms with E-state index in [0.717, 1.165) is 22.7 Å². The number of aliphatic hydroxyl groups is 1. The van der Waals surface area contributed by atoms with Gasteiger partial charge in [-0.05, 0) is 62.2 Å². The molecular formula is C23H31IN6O2. The number of nitrogens with one attached hydrogen (secondary N) is 2. The summed E-state index contributed by atoms with van der Waals surface area (Å²) in [6.45, 7) is 7.47. The van der Waals surface area contributed by atoms with Crippen molar-refractivity contribution in [1.82, 2.24) is 25.4 Å². The smallest absolute Gasteiger partial charge is 0.191 e. The molecule has 0 saturated carbocycles. The Morgan fingerprint density at radius 2 is 2.00 bits per heavy atom. The summed E-state index contributed by atoms with van der Waals surface area (Å²) in [4.78, 5) is 8.97. The van der Waals surface area contributed by atoms with Crippen LogP contribution in [0.1, 0.15) is 38.0 Å². The molecule has 3 N–H and O–H groups in total. The molecule has 1 aromatic carbocycles. The number of rotatable bonds is 9. The van der Waals surface area contributed by atoms with Crippen molar-refractivity contribution >= 4 is 29.9 Å². The van der Waals surface area contributed by atoms with Crippen molar-refractivity contribution in [3.05, 3.63) is 72.2 Å². The largest absolute Gasteiger partial charge is 0.491 e. The number of aromatic nitrogens is 3. The van der Waals surface area contributed by atoms with Crippen LogP contribution in [0.25, 0.3) is 5.82 Å². The Balaban J connectivity index is 0.00000363. The highest BCUT2D eigenvalue weighted by atomic mass is 127. The molecular weight excluding hydrogens is 519 g/mol. The van der Waals surface area contributed by atoms with E-state index in [0.29, 0.717) is 25.6 Å². The van der Waals surface area contributed by atoms with Crippen LogP contribution in [0.15, 0.2) is 66.0 Å². The summed E-state index contributed by atoms with van der Waals surface area (Å²) in [5.41, 5.74) is 1.80. The zero-order chi connectivity index (χ0) is 22.1. The second-order valence-electron chi connectivity index (χ2n) is 7.30. The van der Waals surface area contributed by atoms with Gasteiger partial charge in [-0.3, -0.25) is 0 Å². The van der Waals surface area contributed by atoms with Crippen molar-refractivity contribution in [3.8, 4) is 11.6 Å². The number of halogens is 1. The molecule has 3 aromatic rings. The topological polar surface area (TPSA) is 96.6 Å². The van der Waals surface area contributed by atoms with Crippen molar-refractivity contribution in [2.24, 2.45) is 4.99 Å². The van der Waals surface area contributed by atoms with E-state index in [2.05, 4.69) is 25.7 Å². The molecule has 0 saturated heterocycles. The van der Waals surface area contributed by atoms with Crippen LogP contribution in [-0.2, 0) is 6.54 Å². The zero-order valence-electron chi connectivity index (χ0n) is 18.6. The van der Waals surface area contributed by atoms with Gasteiger partial charge in [0.15, 0.2) is 11.8 Å². The van der Waals surface area contributed by atoms with Gasteiger partial charge in [0, 0.05) is 31.7 Å². The lowest BCUT2D eigenvalue weighted by atomic mass is 10.1. The maximum absolute atomic E-state index is 10.6. The minimum Gasteiger partial charge on any atom is -0.491 e. The van der Waals surface area contributed by atoms with Crippen LogP contribution < -0.4 is 15.4 Å². The second-order valence-corrected chi connectivity index (χ2v) is 7.30. The number of hydrogen-bond acceptors (Lipinski definition) is 5. The number of ether oxygens (including phenoxy) is 1. The normalized spacial score (nSPS) is 12.2. The van der Waals surface area contributed by atoms with E-state index >= 15 is 0 Å². The van der Waals surface area contributed by atoms with Crippen molar-refractivity contribution < 1.29 is 9.84 Å². The summed E-state index contributed by atoms with van der Waals surface area (Å²) in [6, 6.07) is 13.3. The van der Waals surface area contributed by atoms with E-state index in [-0.39, 0.29) is 30.1 Å². The Kier molecular flexibility index (Phi) is 10.4. The molecule has 0 aliphatic rings. The van der Waals surface area contributed by atoms with Crippen LogP contribution in [0.2, 0.25) is 0 Å². The average Bonchev–Trinajstić information content (AvgIpc) is 3.30. The van der Waals surface area contributed by atoms with Gasteiger partial charge in [-0.2, -0.15) is 5.10 Å². The summed E-state index contributed by atoms with van der Waals surface area (Å²) in [6.07, 6.45) is 4.71. The Hall–Kier alpha value is -2.66. The third-order valence-electron chi connectivity index (χ3n) is 4.39. The van der Waals surface area contributed by atoms with E-state index in [1.807, 2.05) is 69.4 Å². The van der Waals surface area contributed by atoms with E-state index < -0.39 is 6.10 Å². The Labute approximate surface area is 206 Å². The van der Waals surface area contributed by atoms with Gasteiger partial charge in [0.1, 0.15) is 5.75 Å². The number of aliphatic hydroxyl groups excluding tert-OH is 1. The molecule has 0 amide bonds. The molecule has 3 rings (SSSR count). The molecule has 172 valence electrons. The van der Waals surface area contributed by atoms with Crippen LogP contribution in [0.5, 0.6) is 5.75 Å². The molecule has 2 aromatic heterocycles. The monoisotopic (exact) mass is 550 g/mol. The summed E-state index contributed by atoms with van der Waals surface area (Å²) in [7, 11) is 0. The SMILES string of the molecule is CCNC(=NCc1ccnc(-n2cccn2)c1)NCC(O)c1cccc(OC(C)C)c1.I. The van der Waals surface area contributed by atoms with Crippen LogP contribution in [0.4, 0.5) is 0 Å². The highest BCUT2D eigenvalue weighted by Gasteiger charge is 2.10. The molecule has 0 radical (unpaired) electrons. The highest BCUT2D eigenvalue weighted by molar-refractivity contribution is 14.0. The van der Waals surface area contributed by atoms with E-state index in [9.17, 15) is 5.11 Å². The number of guanidine groups is 1. The summed E-state index contributed by atoms with van der Waals surface area (Å²) in [5, 5.41) is 21.2. The van der Waals surface area contributed by atoms with E-state index in [1.165, 1.54) is 0 Å².